The molecule has 2 rings (SSSR count). The average Bonchev–Trinajstić information content (AvgIpc) is 2.33. The molecule has 20 heavy (non-hydrogen) atoms. The van der Waals surface area contributed by atoms with Crippen LogP contribution < -0.4 is 4.72 Å². The lowest BCUT2D eigenvalue weighted by molar-refractivity contribution is 0.599. The third-order valence-electron chi connectivity index (χ3n) is 2.64. The molecule has 0 saturated heterocycles. The van der Waals surface area contributed by atoms with E-state index in [1.807, 2.05) is 0 Å². The third-order valence-corrected chi connectivity index (χ3v) is 5.28. The van der Waals surface area contributed by atoms with E-state index in [0.717, 1.165) is 12.1 Å². The number of sulfonamides is 1. The van der Waals surface area contributed by atoms with Crippen LogP contribution >= 0.6 is 27.5 Å². The predicted molar refractivity (Wildman–Crippen MR) is 81.1 cm³/mol. The van der Waals surface area contributed by atoms with Gasteiger partial charge in [0.05, 0.1) is 10.7 Å². The Bertz CT molecular complexity index is 745. The Balaban J connectivity index is 2.46. The first kappa shape index (κ1) is 15.3. The van der Waals surface area contributed by atoms with E-state index in [0.29, 0.717) is 16.3 Å². The van der Waals surface area contributed by atoms with Crippen LogP contribution in [0, 0.1) is 12.7 Å². The standard InChI is InChI=1S/C13H10BrClFNO2S/c1-8-3-2-4-11(15)13(8)17-20(18,19)12-6-5-9(16)7-10(12)14/h2-7,17H,1H3. The maximum absolute atomic E-state index is 13.0. The summed E-state index contributed by atoms with van der Waals surface area (Å²) in [4.78, 5) is -0.0572. The third kappa shape index (κ3) is 3.13. The van der Waals surface area contributed by atoms with Crippen molar-refractivity contribution in [1.82, 2.24) is 0 Å². The summed E-state index contributed by atoms with van der Waals surface area (Å²) < 4.78 is 40.2. The van der Waals surface area contributed by atoms with Crippen LogP contribution in [0.1, 0.15) is 5.56 Å². The van der Waals surface area contributed by atoms with Gasteiger partial charge in [-0.15, -0.1) is 0 Å². The summed E-state index contributed by atoms with van der Waals surface area (Å²) in [5, 5.41) is 0.298. The minimum absolute atomic E-state index is 0.0572. The summed E-state index contributed by atoms with van der Waals surface area (Å²) in [5.41, 5.74) is 1.00. The molecule has 0 radical (unpaired) electrons. The summed E-state index contributed by atoms with van der Waals surface area (Å²) in [6.45, 7) is 1.74. The fourth-order valence-electron chi connectivity index (χ4n) is 1.64. The van der Waals surface area contributed by atoms with Crippen molar-refractivity contribution in [2.75, 3.05) is 4.72 Å². The molecule has 0 aliphatic carbocycles. The monoisotopic (exact) mass is 377 g/mol. The molecule has 0 saturated carbocycles. The van der Waals surface area contributed by atoms with Crippen molar-refractivity contribution in [2.45, 2.75) is 11.8 Å². The zero-order valence-electron chi connectivity index (χ0n) is 10.3. The van der Waals surface area contributed by atoms with Crippen molar-refractivity contribution in [3.63, 3.8) is 0 Å². The normalized spacial score (nSPS) is 11.4. The number of nitrogens with one attached hydrogen (secondary N) is 1. The maximum Gasteiger partial charge on any atom is 0.263 e. The highest BCUT2D eigenvalue weighted by Crippen LogP contribution is 2.30. The fourth-order valence-corrected chi connectivity index (χ4v) is 4.17. The van der Waals surface area contributed by atoms with Crippen LogP contribution in [0.2, 0.25) is 5.02 Å². The second-order valence-corrected chi connectivity index (χ2v) is 7.02. The Hall–Kier alpha value is -1.11. The molecule has 0 bridgehead atoms. The molecule has 2 aromatic rings. The van der Waals surface area contributed by atoms with E-state index < -0.39 is 15.8 Å². The molecule has 106 valence electrons. The number of aryl methyl sites for hydroxylation is 1. The predicted octanol–water partition coefficient (Wildman–Crippen LogP) is 4.35. The molecule has 0 aromatic heterocycles. The molecular weight excluding hydrogens is 369 g/mol. The summed E-state index contributed by atoms with van der Waals surface area (Å²) in [6, 6.07) is 8.42. The van der Waals surface area contributed by atoms with E-state index in [1.54, 1.807) is 25.1 Å². The van der Waals surface area contributed by atoms with E-state index in [1.165, 1.54) is 6.07 Å². The molecule has 0 atom stereocenters. The second-order valence-electron chi connectivity index (χ2n) is 4.11. The highest BCUT2D eigenvalue weighted by Gasteiger charge is 2.20. The highest BCUT2D eigenvalue weighted by molar-refractivity contribution is 9.10. The number of para-hydroxylation sites is 1. The molecule has 0 spiro atoms. The zero-order valence-corrected chi connectivity index (χ0v) is 13.5. The number of hydrogen-bond donors (Lipinski definition) is 1. The number of benzene rings is 2. The van der Waals surface area contributed by atoms with Gasteiger partial charge in [0.25, 0.3) is 10.0 Å². The molecular formula is C13H10BrClFNO2S. The second kappa shape index (κ2) is 5.71. The van der Waals surface area contributed by atoms with Gasteiger partial charge in [-0.05, 0) is 52.7 Å². The average molecular weight is 379 g/mol. The van der Waals surface area contributed by atoms with Crippen molar-refractivity contribution in [3.8, 4) is 0 Å². The van der Waals surface area contributed by atoms with Crippen molar-refractivity contribution in [1.29, 1.82) is 0 Å². The van der Waals surface area contributed by atoms with Crippen LogP contribution in [-0.2, 0) is 10.0 Å². The summed E-state index contributed by atoms with van der Waals surface area (Å²) >= 11 is 9.03. The molecule has 0 heterocycles. The molecule has 0 aliphatic rings. The smallest absolute Gasteiger partial charge is 0.263 e. The fraction of sp³-hybridized carbons (Fsp3) is 0.0769. The van der Waals surface area contributed by atoms with Crippen LogP contribution in [0.25, 0.3) is 0 Å². The Morgan fingerprint density at radius 3 is 2.55 bits per heavy atom. The van der Waals surface area contributed by atoms with Crippen LogP contribution in [0.4, 0.5) is 10.1 Å². The van der Waals surface area contributed by atoms with Gasteiger partial charge in [-0.2, -0.15) is 0 Å². The van der Waals surface area contributed by atoms with E-state index in [4.69, 9.17) is 11.6 Å². The summed E-state index contributed by atoms with van der Waals surface area (Å²) in [7, 11) is -3.85. The van der Waals surface area contributed by atoms with Crippen molar-refractivity contribution in [2.24, 2.45) is 0 Å². The summed E-state index contributed by atoms with van der Waals surface area (Å²) in [5.74, 6) is -0.523. The first-order chi connectivity index (χ1) is 9.31. The van der Waals surface area contributed by atoms with Gasteiger partial charge in [-0.25, -0.2) is 12.8 Å². The van der Waals surface area contributed by atoms with E-state index in [9.17, 15) is 12.8 Å². The van der Waals surface area contributed by atoms with Crippen LogP contribution in [0.5, 0.6) is 0 Å². The van der Waals surface area contributed by atoms with Crippen LogP contribution in [-0.4, -0.2) is 8.42 Å². The maximum atomic E-state index is 13.0. The molecule has 0 amide bonds. The molecule has 1 N–H and O–H groups in total. The van der Waals surface area contributed by atoms with Gasteiger partial charge in [0.1, 0.15) is 10.7 Å². The topological polar surface area (TPSA) is 46.2 Å². The molecule has 2 aromatic carbocycles. The molecule has 0 unspecified atom stereocenters. The van der Waals surface area contributed by atoms with Gasteiger partial charge in [0, 0.05) is 4.47 Å². The lowest BCUT2D eigenvalue weighted by atomic mass is 10.2. The molecule has 7 heteroatoms. The van der Waals surface area contributed by atoms with Crippen molar-refractivity contribution >= 4 is 43.2 Å². The Morgan fingerprint density at radius 2 is 1.95 bits per heavy atom. The minimum Gasteiger partial charge on any atom is -0.278 e. The van der Waals surface area contributed by atoms with Crippen molar-refractivity contribution < 1.29 is 12.8 Å². The minimum atomic E-state index is -3.85. The van der Waals surface area contributed by atoms with E-state index >= 15 is 0 Å². The van der Waals surface area contributed by atoms with Gasteiger partial charge < -0.3 is 0 Å². The van der Waals surface area contributed by atoms with Gasteiger partial charge >= 0.3 is 0 Å². The van der Waals surface area contributed by atoms with Crippen molar-refractivity contribution in [3.05, 3.63) is 57.3 Å². The van der Waals surface area contributed by atoms with Gasteiger partial charge in [0.15, 0.2) is 0 Å². The lowest BCUT2D eigenvalue weighted by Crippen LogP contribution is -2.14. The first-order valence-corrected chi connectivity index (χ1v) is 8.19. The first-order valence-electron chi connectivity index (χ1n) is 5.54. The Morgan fingerprint density at radius 1 is 1.25 bits per heavy atom. The number of rotatable bonds is 3. The van der Waals surface area contributed by atoms with Crippen LogP contribution in [0.3, 0.4) is 0 Å². The largest absolute Gasteiger partial charge is 0.278 e. The quantitative estimate of drug-likeness (QED) is 0.863. The Kier molecular flexibility index (Phi) is 4.36. The summed E-state index contributed by atoms with van der Waals surface area (Å²) in [6.07, 6.45) is 0. The number of anilines is 1. The van der Waals surface area contributed by atoms with Gasteiger partial charge in [0.2, 0.25) is 0 Å². The van der Waals surface area contributed by atoms with Gasteiger partial charge in [-0.3, -0.25) is 4.72 Å². The van der Waals surface area contributed by atoms with E-state index in [-0.39, 0.29) is 9.37 Å². The van der Waals surface area contributed by atoms with E-state index in [2.05, 4.69) is 20.7 Å². The Labute approximate surface area is 130 Å². The zero-order chi connectivity index (χ0) is 14.9. The lowest BCUT2D eigenvalue weighted by Gasteiger charge is -2.13. The van der Waals surface area contributed by atoms with Crippen LogP contribution in [0.15, 0.2) is 45.8 Å². The van der Waals surface area contributed by atoms with Gasteiger partial charge in [-0.1, -0.05) is 23.7 Å². The SMILES string of the molecule is Cc1cccc(Cl)c1NS(=O)(=O)c1ccc(F)cc1Br. The molecule has 0 fully saturated rings. The highest BCUT2D eigenvalue weighted by atomic mass is 79.9. The molecule has 3 nitrogen and oxygen atoms in total. The molecule has 0 aliphatic heterocycles. The number of halogens is 3. The number of hydrogen-bond acceptors (Lipinski definition) is 2.